The van der Waals surface area contributed by atoms with E-state index >= 15 is 0 Å². The van der Waals surface area contributed by atoms with Crippen molar-refractivity contribution in [1.29, 1.82) is 0 Å². The van der Waals surface area contributed by atoms with Crippen molar-refractivity contribution in [3.05, 3.63) is 23.3 Å². The molecule has 0 aromatic carbocycles. The minimum Gasteiger partial charge on any atom is -0.202 e. The van der Waals surface area contributed by atoms with Crippen LogP contribution in [0.15, 0.2) is 23.3 Å². The Morgan fingerprint density at radius 1 is 1.05 bits per heavy atom. The van der Waals surface area contributed by atoms with Crippen molar-refractivity contribution in [3.63, 3.8) is 0 Å². The monoisotopic (exact) mass is 296 g/mol. The van der Waals surface area contributed by atoms with E-state index in [4.69, 9.17) is 0 Å². The van der Waals surface area contributed by atoms with Gasteiger partial charge in [-0.1, -0.05) is 51.8 Å². The van der Waals surface area contributed by atoms with Crippen LogP contribution >= 0.6 is 0 Å². The van der Waals surface area contributed by atoms with Gasteiger partial charge in [-0.2, -0.15) is 0 Å². The van der Waals surface area contributed by atoms with Crippen LogP contribution in [0.1, 0.15) is 73.1 Å². The topological polar surface area (TPSA) is 0 Å². The van der Waals surface area contributed by atoms with Gasteiger partial charge in [0.05, 0.1) is 0 Å². The molecule has 0 bridgehead atoms. The lowest BCUT2D eigenvalue weighted by atomic mass is 9.72. The van der Waals surface area contributed by atoms with Crippen LogP contribution in [0.2, 0.25) is 0 Å². The quantitative estimate of drug-likeness (QED) is 0.506. The Kier molecular flexibility index (Phi) is 4.39. The predicted octanol–water partition coefficient (Wildman–Crippen LogP) is 6.53. The lowest BCUT2D eigenvalue weighted by molar-refractivity contribution is 0.0555. The average molecular weight is 296 g/mol. The summed E-state index contributed by atoms with van der Waals surface area (Å²) in [7, 11) is 0. The molecule has 2 aliphatic carbocycles. The number of hydrogen-bond donors (Lipinski definition) is 0. The van der Waals surface area contributed by atoms with Gasteiger partial charge in [0.25, 0.3) is 5.92 Å². The molecule has 0 aromatic heterocycles. The average Bonchev–Trinajstić information content (AvgIpc) is 2.94. The van der Waals surface area contributed by atoms with Gasteiger partial charge in [0.15, 0.2) is 0 Å². The highest BCUT2D eigenvalue weighted by Crippen LogP contribution is 2.47. The smallest absolute Gasteiger partial charge is 0.202 e. The van der Waals surface area contributed by atoms with Gasteiger partial charge in [0, 0.05) is 6.42 Å². The van der Waals surface area contributed by atoms with Gasteiger partial charge in [-0.3, -0.25) is 0 Å². The fourth-order valence-corrected chi connectivity index (χ4v) is 3.64. The van der Waals surface area contributed by atoms with Crippen LogP contribution in [0.5, 0.6) is 0 Å². The van der Waals surface area contributed by atoms with Gasteiger partial charge < -0.3 is 0 Å². The predicted molar refractivity (Wildman–Crippen MR) is 85.5 cm³/mol. The largest absolute Gasteiger partial charge is 0.267 e. The molecule has 0 saturated heterocycles. The molecule has 0 saturated carbocycles. The molecule has 0 aromatic rings. The molecule has 0 spiro atoms. The van der Waals surface area contributed by atoms with Crippen LogP contribution in [0.25, 0.3) is 0 Å². The molecule has 1 atom stereocenters. The maximum atomic E-state index is 13.4. The van der Waals surface area contributed by atoms with Gasteiger partial charge in [-0.15, -0.1) is 0 Å². The first-order chi connectivity index (χ1) is 9.52. The minimum absolute atomic E-state index is 0.00216. The third-order valence-corrected chi connectivity index (χ3v) is 5.58. The number of allylic oxidation sites excluding steroid dienone is 4. The molecule has 2 rings (SSSR count). The summed E-state index contributed by atoms with van der Waals surface area (Å²) in [6.07, 6.45) is 8.73. The number of rotatable bonds is 5. The first-order valence-corrected chi connectivity index (χ1v) is 8.33. The van der Waals surface area contributed by atoms with Crippen LogP contribution in [-0.4, -0.2) is 5.92 Å². The summed E-state index contributed by atoms with van der Waals surface area (Å²) >= 11 is 0. The van der Waals surface area contributed by atoms with Crippen molar-refractivity contribution in [2.75, 3.05) is 0 Å². The lowest BCUT2D eigenvalue weighted by Crippen LogP contribution is -2.21. The second kappa shape index (κ2) is 5.52. The summed E-state index contributed by atoms with van der Waals surface area (Å²) in [6, 6.07) is 0. The van der Waals surface area contributed by atoms with E-state index in [2.05, 4.69) is 40.7 Å². The summed E-state index contributed by atoms with van der Waals surface area (Å²) in [5.74, 6) is -1.88. The molecule has 2 aliphatic rings. The highest BCUT2D eigenvalue weighted by atomic mass is 19.3. The Morgan fingerprint density at radius 3 is 2.05 bits per heavy atom. The molecule has 0 N–H and O–H groups in total. The summed E-state index contributed by atoms with van der Waals surface area (Å²) in [5.41, 5.74) is 2.61. The van der Waals surface area contributed by atoms with Crippen LogP contribution in [0.4, 0.5) is 8.78 Å². The van der Waals surface area contributed by atoms with E-state index in [9.17, 15) is 8.78 Å². The number of hydrogen-bond acceptors (Lipinski definition) is 0. The van der Waals surface area contributed by atoms with Gasteiger partial charge in [-0.05, 0) is 54.9 Å². The van der Waals surface area contributed by atoms with Crippen molar-refractivity contribution in [2.45, 2.75) is 79.1 Å². The van der Waals surface area contributed by atoms with Crippen LogP contribution < -0.4 is 0 Å². The Balaban J connectivity index is 2.00. The van der Waals surface area contributed by atoms with E-state index < -0.39 is 5.92 Å². The summed E-state index contributed by atoms with van der Waals surface area (Å²) in [5, 5.41) is 0. The zero-order chi connectivity index (χ0) is 15.9. The third-order valence-electron chi connectivity index (χ3n) is 5.58. The highest BCUT2D eigenvalue weighted by Gasteiger charge is 2.38. The third kappa shape index (κ3) is 3.96. The molecule has 1 unspecified atom stereocenters. The maximum absolute atomic E-state index is 13.4. The van der Waals surface area contributed by atoms with E-state index in [1.165, 1.54) is 18.9 Å². The zero-order valence-corrected chi connectivity index (χ0v) is 14.2. The Bertz CT molecular complexity index is 452. The second-order valence-corrected chi connectivity index (χ2v) is 8.41. The van der Waals surface area contributed by atoms with Crippen molar-refractivity contribution >= 4 is 0 Å². The molecule has 120 valence electrons. The van der Waals surface area contributed by atoms with Crippen LogP contribution in [0, 0.1) is 16.7 Å². The molecule has 0 amide bonds. The summed E-state index contributed by atoms with van der Waals surface area (Å²) in [4.78, 5) is 0. The van der Waals surface area contributed by atoms with Crippen molar-refractivity contribution < 1.29 is 8.78 Å². The standard InChI is InChI=1S/C19H30F2/c1-14-6-7-15(12-14)17(2,3)10-11-18(4,5)16-8-9-19(20,21)13-16/h12-14H,6-11H2,1-5H3. The summed E-state index contributed by atoms with van der Waals surface area (Å²) < 4.78 is 26.8. The lowest BCUT2D eigenvalue weighted by Gasteiger charge is -2.33. The molecule has 0 aliphatic heterocycles. The first kappa shape index (κ1) is 16.7. The molecular formula is C19H30F2. The SMILES string of the molecule is CC1C=C(C(C)(C)CCC(C)(C)C2=CC(F)(F)CC2)CC1. The fourth-order valence-electron chi connectivity index (χ4n) is 3.64. The van der Waals surface area contributed by atoms with Crippen molar-refractivity contribution in [3.8, 4) is 0 Å². The first-order valence-electron chi connectivity index (χ1n) is 8.33. The van der Waals surface area contributed by atoms with Crippen LogP contribution in [0.3, 0.4) is 0 Å². The molecule has 0 fully saturated rings. The molecular weight excluding hydrogens is 266 g/mol. The molecule has 0 radical (unpaired) electrons. The highest BCUT2D eigenvalue weighted by molar-refractivity contribution is 5.23. The summed E-state index contributed by atoms with van der Waals surface area (Å²) in [6.45, 7) is 11.2. The van der Waals surface area contributed by atoms with Gasteiger partial charge in [0.2, 0.25) is 0 Å². The second-order valence-electron chi connectivity index (χ2n) is 8.41. The Morgan fingerprint density at radius 2 is 1.62 bits per heavy atom. The van der Waals surface area contributed by atoms with Crippen molar-refractivity contribution in [1.82, 2.24) is 0 Å². The van der Waals surface area contributed by atoms with Gasteiger partial charge in [0.1, 0.15) is 0 Å². The van der Waals surface area contributed by atoms with Gasteiger partial charge in [-0.25, -0.2) is 8.78 Å². The van der Waals surface area contributed by atoms with E-state index in [-0.39, 0.29) is 17.3 Å². The molecule has 0 nitrogen and oxygen atoms in total. The van der Waals surface area contributed by atoms with E-state index in [1.54, 1.807) is 5.57 Å². The maximum Gasteiger partial charge on any atom is 0.267 e. The number of alkyl halides is 2. The molecule has 21 heavy (non-hydrogen) atoms. The van der Waals surface area contributed by atoms with Gasteiger partial charge >= 0.3 is 0 Å². The Labute approximate surface area is 128 Å². The van der Waals surface area contributed by atoms with Crippen molar-refractivity contribution in [2.24, 2.45) is 16.7 Å². The number of halogens is 2. The molecule has 2 heteroatoms. The fraction of sp³-hybridized carbons (Fsp3) is 0.789. The normalized spacial score (nSPS) is 26.0. The minimum atomic E-state index is -2.58. The van der Waals surface area contributed by atoms with Crippen LogP contribution in [-0.2, 0) is 0 Å². The molecule has 0 heterocycles. The van der Waals surface area contributed by atoms with E-state index in [0.29, 0.717) is 12.3 Å². The van der Waals surface area contributed by atoms with E-state index in [0.717, 1.165) is 18.4 Å². The Hall–Kier alpha value is -0.660. The zero-order valence-electron chi connectivity index (χ0n) is 14.2. The van der Waals surface area contributed by atoms with E-state index in [1.807, 2.05) is 0 Å².